The lowest BCUT2D eigenvalue weighted by Crippen LogP contribution is -2.44. The molecule has 3 aromatic carbocycles. The predicted molar refractivity (Wildman–Crippen MR) is 184 cm³/mol. The molecule has 6 rings (SSSR count). The van der Waals surface area contributed by atoms with Gasteiger partial charge in [-0.3, -0.25) is 0 Å². The lowest BCUT2D eigenvalue weighted by Gasteiger charge is -2.33. The third kappa shape index (κ3) is 6.53. The highest BCUT2D eigenvalue weighted by atomic mass is 35.5. The van der Waals surface area contributed by atoms with Crippen LogP contribution in [0, 0.1) is 6.92 Å². The third-order valence-electron chi connectivity index (χ3n) is 8.06. The number of rotatable bonds is 7. The van der Waals surface area contributed by atoms with E-state index in [2.05, 4.69) is 71.2 Å². The van der Waals surface area contributed by atoms with Crippen LogP contribution in [0.2, 0.25) is 5.02 Å². The summed E-state index contributed by atoms with van der Waals surface area (Å²) in [4.78, 5) is 14.5. The van der Waals surface area contributed by atoms with Crippen molar-refractivity contribution in [3.63, 3.8) is 0 Å². The summed E-state index contributed by atoms with van der Waals surface area (Å²) >= 11 is 7.96. The molecule has 5 aromatic rings. The third-order valence-corrected chi connectivity index (χ3v) is 9.45. The van der Waals surface area contributed by atoms with E-state index in [1.807, 2.05) is 51.2 Å². The second-order valence-electron chi connectivity index (χ2n) is 12.5. The number of hydrogen-bond donors (Lipinski definition) is 1. The standard InChI is InChI=1S/C36H39ClN4O2S/c1-23-19-29-34(33(24-9-11-28(37)12-10-24)32(23)30(22-42)43-36(2,3)4)44-35(39-29)27-8-6-7-25(20-27)26-13-14-38-31(21-26)41-17-15-40(5)16-18-41/h6-14,19-21,30,42H,15-18,22H2,1-5H3/t30-/m1/s1. The predicted octanol–water partition coefficient (Wildman–Crippen LogP) is 8.25. The number of pyridine rings is 1. The maximum absolute atomic E-state index is 10.5. The van der Waals surface area contributed by atoms with Gasteiger partial charge in [0.15, 0.2) is 0 Å². The van der Waals surface area contributed by atoms with Crippen LogP contribution < -0.4 is 4.90 Å². The molecule has 1 aliphatic heterocycles. The number of benzene rings is 3. The number of aliphatic hydroxyl groups is 1. The molecular formula is C36H39ClN4O2S. The number of ether oxygens (including phenoxy) is 1. The summed E-state index contributed by atoms with van der Waals surface area (Å²) in [5.74, 6) is 1.02. The second kappa shape index (κ2) is 12.6. The van der Waals surface area contributed by atoms with Gasteiger partial charge in [0.05, 0.1) is 22.4 Å². The molecule has 228 valence electrons. The fourth-order valence-corrected chi connectivity index (χ4v) is 7.15. The number of hydrogen-bond acceptors (Lipinski definition) is 7. The van der Waals surface area contributed by atoms with Gasteiger partial charge in [-0.15, -0.1) is 11.3 Å². The van der Waals surface area contributed by atoms with Crippen molar-refractivity contribution in [3.8, 4) is 32.8 Å². The minimum atomic E-state index is -0.486. The Bertz CT molecular complexity index is 1770. The molecule has 1 saturated heterocycles. The van der Waals surface area contributed by atoms with Crippen LogP contribution in [0.25, 0.3) is 43.0 Å². The summed E-state index contributed by atoms with van der Waals surface area (Å²) in [6, 6.07) is 22.9. The van der Waals surface area contributed by atoms with E-state index in [0.717, 1.165) is 86.2 Å². The number of aromatic nitrogens is 2. The summed E-state index contributed by atoms with van der Waals surface area (Å²) in [7, 11) is 2.17. The lowest BCUT2D eigenvalue weighted by molar-refractivity contribution is -0.0821. The molecule has 0 amide bonds. The van der Waals surface area contributed by atoms with Crippen molar-refractivity contribution in [1.82, 2.24) is 14.9 Å². The van der Waals surface area contributed by atoms with Crippen molar-refractivity contribution in [2.24, 2.45) is 0 Å². The molecule has 0 aliphatic carbocycles. The largest absolute Gasteiger partial charge is 0.393 e. The lowest BCUT2D eigenvalue weighted by atomic mass is 9.91. The summed E-state index contributed by atoms with van der Waals surface area (Å²) in [5, 5.41) is 12.1. The molecule has 0 unspecified atom stereocenters. The fraction of sp³-hybridized carbons (Fsp3) is 0.333. The van der Waals surface area contributed by atoms with Gasteiger partial charge in [0.25, 0.3) is 0 Å². The molecular weight excluding hydrogens is 588 g/mol. The average molecular weight is 627 g/mol. The summed E-state index contributed by atoms with van der Waals surface area (Å²) < 4.78 is 7.46. The van der Waals surface area contributed by atoms with E-state index in [1.54, 1.807) is 11.3 Å². The molecule has 6 nitrogen and oxygen atoms in total. The molecule has 8 heteroatoms. The molecule has 1 fully saturated rings. The Morgan fingerprint density at radius 3 is 2.34 bits per heavy atom. The Hall–Kier alpha value is -3.33. The normalized spacial score (nSPS) is 15.2. The molecule has 1 N–H and O–H groups in total. The number of likely N-dealkylation sites (N-methyl/N-ethyl adjacent to an activating group) is 1. The monoisotopic (exact) mass is 626 g/mol. The molecule has 0 saturated carbocycles. The van der Waals surface area contributed by atoms with Crippen molar-refractivity contribution in [2.75, 3.05) is 44.7 Å². The zero-order valence-corrected chi connectivity index (χ0v) is 27.5. The number of piperazine rings is 1. The highest BCUT2D eigenvalue weighted by Crippen LogP contribution is 2.44. The van der Waals surface area contributed by atoms with Gasteiger partial charge >= 0.3 is 0 Å². The maximum Gasteiger partial charge on any atom is 0.129 e. The second-order valence-corrected chi connectivity index (χ2v) is 14.0. The van der Waals surface area contributed by atoms with E-state index in [-0.39, 0.29) is 6.61 Å². The molecule has 44 heavy (non-hydrogen) atoms. The number of anilines is 1. The van der Waals surface area contributed by atoms with Crippen LogP contribution in [-0.2, 0) is 4.74 Å². The summed E-state index contributed by atoms with van der Waals surface area (Å²) in [5.41, 5.74) is 7.90. The molecule has 2 aromatic heterocycles. The van der Waals surface area contributed by atoms with Crippen LogP contribution in [0.1, 0.15) is 38.0 Å². The first kappa shape index (κ1) is 30.7. The van der Waals surface area contributed by atoms with Crippen molar-refractivity contribution in [2.45, 2.75) is 39.4 Å². The zero-order chi connectivity index (χ0) is 31.0. The van der Waals surface area contributed by atoms with Gasteiger partial charge in [-0.05, 0) is 99.0 Å². The van der Waals surface area contributed by atoms with Crippen LogP contribution in [0.5, 0.6) is 0 Å². The molecule has 0 radical (unpaired) electrons. The van der Waals surface area contributed by atoms with E-state index in [0.29, 0.717) is 5.02 Å². The number of halogens is 1. The van der Waals surface area contributed by atoms with Gasteiger partial charge in [0.2, 0.25) is 0 Å². The highest BCUT2D eigenvalue weighted by molar-refractivity contribution is 7.22. The Kier molecular flexibility index (Phi) is 8.77. The van der Waals surface area contributed by atoms with Crippen molar-refractivity contribution >= 4 is 39.0 Å². The first-order valence-electron chi connectivity index (χ1n) is 15.1. The summed E-state index contributed by atoms with van der Waals surface area (Å²) in [6.45, 7) is 12.0. The summed E-state index contributed by atoms with van der Waals surface area (Å²) in [6.07, 6.45) is 1.42. The number of fused-ring (bicyclic) bond motifs is 1. The molecule has 0 bridgehead atoms. The van der Waals surface area contributed by atoms with Gasteiger partial charge in [-0.1, -0.05) is 41.9 Å². The Labute approximate surface area is 268 Å². The van der Waals surface area contributed by atoms with Gasteiger partial charge < -0.3 is 19.6 Å². The van der Waals surface area contributed by atoms with Gasteiger partial charge in [-0.2, -0.15) is 0 Å². The van der Waals surface area contributed by atoms with Gasteiger partial charge in [-0.25, -0.2) is 9.97 Å². The van der Waals surface area contributed by atoms with Crippen LogP contribution in [0.4, 0.5) is 5.82 Å². The Morgan fingerprint density at radius 1 is 0.932 bits per heavy atom. The highest BCUT2D eigenvalue weighted by Gasteiger charge is 2.27. The van der Waals surface area contributed by atoms with E-state index >= 15 is 0 Å². The van der Waals surface area contributed by atoms with Crippen LogP contribution >= 0.6 is 22.9 Å². The Balaban J connectivity index is 1.44. The topological polar surface area (TPSA) is 61.7 Å². The molecule has 3 heterocycles. The first-order chi connectivity index (χ1) is 21.1. The minimum absolute atomic E-state index is 0.125. The van der Waals surface area contributed by atoms with Crippen LogP contribution in [-0.4, -0.2) is 65.4 Å². The van der Waals surface area contributed by atoms with Gasteiger partial charge in [0, 0.05) is 48.5 Å². The van der Waals surface area contributed by atoms with Crippen LogP contribution in [0.3, 0.4) is 0 Å². The first-order valence-corrected chi connectivity index (χ1v) is 16.3. The van der Waals surface area contributed by atoms with E-state index in [1.165, 1.54) is 0 Å². The number of aryl methyl sites for hydroxylation is 1. The zero-order valence-electron chi connectivity index (χ0n) is 26.0. The smallest absolute Gasteiger partial charge is 0.129 e. The molecule has 1 aliphatic rings. The fourth-order valence-electron chi connectivity index (χ4n) is 5.91. The number of thiazole rings is 1. The minimum Gasteiger partial charge on any atom is -0.393 e. The number of aliphatic hydroxyl groups excluding tert-OH is 1. The SMILES string of the molecule is Cc1cc2nc(-c3cccc(-c4ccnc(N5CCN(C)CC5)c4)c3)sc2c(-c2ccc(Cl)cc2)c1[C@@H](CO)OC(C)(C)C. The van der Waals surface area contributed by atoms with E-state index < -0.39 is 11.7 Å². The van der Waals surface area contributed by atoms with Crippen LogP contribution in [0.15, 0.2) is 72.9 Å². The van der Waals surface area contributed by atoms with Crippen molar-refractivity contribution in [3.05, 3.63) is 89.1 Å². The average Bonchev–Trinajstić information content (AvgIpc) is 3.43. The van der Waals surface area contributed by atoms with Gasteiger partial charge in [0.1, 0.15) is 16.9 Å². The molecule has 0 spiro atoms. The number of nitrogens with zero attached hydrogens (tertiary/aromatic N) is 4. The maximum atomic E-state index is 10.5. The van der Waals surface area contributed by atoms with E-state index in [4.69, 9.17) is 21.3 Å². The Morgan fingerprint density at radius 2 is 1.64 bits per heavy atom. The van der Waals surface area contributed by atoms with Crippen molar-refractivity contribution in [1.29, 1.82) is 0 Å². The van der Waals surface area contributed by atoms with E-state index in [9.17, 15) is 5.11 Å². The molecule has 1 atom stereocenters. The quantitative estimate of drug-likeness (QED) is 0.196. The van der Waals surface area contributed by atoms with Crippen molar-refractivity contribution < 1.29 is 9.84 Å².